The van der Waals surface area contributed by atoms with Crippen LogP contribution in [0.2, 0.25) is 8.26 Å². The monoisotopic (exact) mass is 710 g/mol. The topological polar surface area (TPSA) is 0 Å². The maximum atomic E-state index is 2.66. The van der Waals surface area contributed by atoms with Gasteiger partial charge in [-0.15, -0.1) is 0 Å². The van der Waals surface area contributed by atoms with Gasteiger partial charge in [0.1, 0.15) is 0 Å². The Balaban J connectivity index is 0.00000200. The molecule has 0 N–H and O–H groups in total. The summed E-state index contributed by atoms with van der Waals surface area (Å²) in [5, 5.41) is 0. The van der Waals surface area contributed by atoms with Crippen LogP contribution < -0.4 is 24.8 Å². The average Bonchev–Trinajstić information content (AvgIpc) is 3.46. The van der Waals surface area contributed by atoms with Crippen LogP contribution in [-0.2, 0) is 20.3 Å². The molecular formula is C42H46Cl2Zr. The van der Waals surface area contributed by atoms with E-state index in [1.165, 1.54) is 63.9 Å². The summed E-state index contributed by atoms with van der Waals surface area (Å²) < 4.78 is 4.32. The van der Waals surface area contributed by atoms with Crippen LogP contribution in [0.15, 0.2) is 83.9 Å². The van der Waals surface area contributed by atoms with Gasteiger partial charge in [0.25, 0.3) is 0 Å². The van der Waals surface area contributed by atoms with Crippen LogP contribution in [0.25, 0.3) is 34.4 Å². The Labute approximate surface area is 288 Å². The van der Waals surface area contributed by atoms with Gasteiger partial charge < -0.3 is 24.8 Å². The van der Waals surface area contributed by atoms with Crippen molar-refractivity contribution in [3.05, 3.63) is 128 Å². The third-order valence-electron chi connectivity index (χ3n) is 10.8. The molecule has 0 spiro atoms. The fourth-order valence-electron chi connectivity index (χ4n) is 8.66. The largest absolute Gasteiger partial charge is 1.00 e. The minimum absolute atomic E-state index is 0. The molecule has 232 valence electrons. The van der Waals surface area contributed by atoms with E-state index < -0.39 is 20.3 Å². The van der Waals surface area contributed by atoms with Gasteiger partial charge in [-0.1, -0.05) is 0 Å². The van der Waals surface area contributed by atoms with Crippen LogP contribution in [0.1, 0.15) is 79.5 Å². The zero-order valence-corrected chi connectivity index (χ0v) is 32.0. The number of hydrogen-bond donors (Lipinski definition) is 0. The minimum Gasteiger partial charge on any atom is -1.00 e. The van der Waals surface area contributed by atoms with Crippen molar-refractivity contribution < 1.29 is 45.1 Å². The normalized spacial score (nSPS) is 18.3. The zero-order chi connectivity index (χ0) is 30.2. The van der Waals surface area contributed by atoms with Crippen molar-refractivity contribution in [1.82, 2.24) is 0 Å². The van der Waals surface area contributed by atoms with Crippen molar-refractivity contribution in [2.24, 2.45) is 11.8 Å². The van der Waals surface area contributed by atoms with Crippen molar-refractivity contribution in [1.29, 1.82) is 0 Å². The molecule has 1 aliphatic heterocycles. The Morgan fingerprint density at radius 3 is 1.29 bits per heavy atom. The summed E-state index contributed by atoms with van der Waals surface area (Å²) in [5.41, 5.74) is 21.2. The maximum absolute atomic E-state index is 2.85. The molecule has 3 heteroatoms. The van der Waals surface area contributed by atoms with Gasteiger partial charge in [-0.2, -0.15) is 0 Å². The van der Waals surface area contributed by atoms with E-state index in [9.17, 15) is 0 Å². The van der Waals surface area contributed by atoms with E-state index in [1.54, 1.807) is 22.3 Å². The van der Waals surface area contributed by atoms with E-state index >= 15 is 0 Å². The van der Waals surface area contributed by atoms with E-state index in [2.05, 4.69) is 140 Å². The maximum Gasteiger partial charge on any atom is -1.00 e. The third-order valence-corrected chi connectivity index (χ3v) is 23.6. The van der Waals surface area contributed by atoms with E-state index in [0.29, 0.717) is 19.1 Å². The molecule has 0 radical (unpaired) electrons. The quantitative estimate of drug-likeness (QED) is 0.225. The van der Waals surface area contributed by atoms with Crippen molar-refractivity contribution in [2.75, 3.05) is 0 Å². The van der Waals surface area contributed by atoms with Crippen LogP contribution in [0.3, 0.4) is 0 Å². The number of fused-ring (bicyclic) bond motifs is 2. The molecule has 0 bridgehead atoms. The van der Waals surface area contributed by atoms with Crippen LogP contribution >= 0.6 is 0 Å². The van der Waals surface area contributed by atoms with Crippen molar-refractivity contribution >= 4 is 12.2 Å². The average molecular weight is 713 g/mol. The fraction of sp³-hybridized carbons (Fsp3) is 0.333. The number of hydrogen-bond acceptors (Lipinski definition) is 0. The number of allylic oxidation sites excluding steroid dienone is 2. The molecule has 1 fully saturated rings. The molecule has 1 heterocycles. The number of aryl methyl sites for hydroxylation is 4. The standard InChI is InChI=1S/2C20H21.C2H4.2ClH.Zr/c2*1-13(2)17-11-19-15(4)8-9-18(20(19)12-17)16-7-5-6-14(3)10-16;1-2;;;/h2*5-13H,1-4H3;1-2H2;2*1H;/q;;;;;+2/p-2. The number of benzene rings is 4. The summed E-state index contributed by atoms with van der Waals surface area (Å²) in [4.78, 5) is 0. The van der Waals surface area contributed by atoms with E-state index in [-0.39, 0.29) is 24.8 Å². The molecule has 0 nitrogen and oxygen atoms in total. The summed E-state index contributed by atoms with van der Waals surface area (Å²) in [6.45, 7) is 19.1. The van der Waals surface area contributed by atoms with Crippen molar-refractivity contribution in [3.8, 4) is 22.3 Å². The molecule has 2 unspecified atom stereocenters. The molecule has 3 aliphatic rings. The number of halogens is 2. The first-order valence-corrected chi connectivity index (χ1v) is 22.8. The Hall–Kier alpha value is -2.18. The van der Waals surface area contributed by atoms with E-state index in [4.69, 9.17) is 0 Å². The fourth-order valence-corrected chi connectivity index (χ4v) is 27.2. The molecule has 4 aromatic rings. The second-order valence-corrected chi connectivity index (χ2v) is 25.8. The smallest absolute Gasteiger partial charge is 1.00 e. The van der Waals surface area contributed by atoms with Gasteiger partial charge in [-0.3, -0.25) is 0 Å². The summed E-state index contributed by atoms with van der Waals surface area (Å²) in [7, 11) is 0. The first-order valence-electron chi connectivity index (χ1n) is 16.4. The molecular weight excluding hydrogens is 667 g/mol. The van der Waals surface area contributed by atoms with Gasteiger partial charge in [0, 0.05) is 0 Å². The van der Waals surface area contributed by atoms with Gasteiger partial charge in [-0.25, -0.2) is 0 Å². The Bertz CT molecular complexity index is 1700. The van der Waals surface area contributed by atoms with Gasteiger partial charge in [0.2, 0.25) is 0 Å². The zero-order valence-electron chi connectivity index (χ0n) is 28.1. The summed E-state index contributed by atoms with van der Waals surface area (Å²) in [6.07, 6.45) is 5.33. The predicted octanol–water partition coefficient (Wildman–Crippen LogP) is 6.15. The summed E-state index contributed by atoms with van der Waals surface area (Å²) in [6, 6.07) is 27.9. The van der Waals surface area contributed by atoms with Crippen LogP contribution in [-0.4, -0.2) is 0 Å². The second kappa shape index (κ2) is 12.8. The predicted molar refractivity (Wildman–Crippen MR) is 183 cm³/mol. The second-order valence-electron chi connectivity index (χ2n) is 14.5. The SMILES string of the molecule is Cc1cccc(-c2ccc(C)c3c2C=C(C(C)C)[CH]3[Zr+2]2([CH]3C(C(C)C)=Cc4c(-c5cccc(C)c5)ccc(C)c43)[CH2][CH2]2)c1.[Cl-].[Cl-]. The van der Waals surface area contributed by atoms with Gasteiger partial charge >= 0.3 is 266 Å². The molecule has 45 heavy (non-hydrogen) atoms. The molecule has 0 aromatic heterocycles. The molecule has 2 aliphatic carbocycles. The van der Waals surface area contributed by atoms with Gasteiger partial charge in [0.15, 0.2) is 0 Å². The minimum atomic E-state index is -2.85. The van der Waals surface area contributed by atoms with Crippen molar-refractivity contribution in [2.45, 2.75) is 70.9 Å². The van der Waals surface area contributed by atoms with Crippen LogP contribution in [0.4, 0.5) is 0 Å². The third kappa shape index (κ3) is 5.60. The summed E-state index contributed by atoms with van der Waals surface area (Å²) in [5.74, 6) is 1.12. The molecule has 0 saturated carbocycles. The van der Waals surface area contributed by atoms with Crippen molar-refractivity contribution in [3.63, 3.8) is 0 Å². The van der Waals surface area contributed by atoms with Gasteiger partial charge in [0.05, 0.1) is 0 Å². The molecule has 0 amide bonds. The van der Waals surface area contributed by atoms with Gasteiger partial charge in [-0.05, 0) is 0 Å². The van der Waals surface area contributed by atoms with E-state index in [1.807, 2.05) is 0 Å². The van der Waals surface area contributed by atoms with Crippen LogP contribution in [0, 0.1) is 39.5 Å². The molecule has 7 rings (SSSR count). The van der Waals surface area contributed by atoms with E-state index in [0.717, 1.165) is 0 Å². The molecule has 4 aromatic carbocycles. The summed E-state index contributed by atoms with van der Waals surface area (Å²) >= 11 is -2.85. The Kier molecular flexibility index (Phi) is 9.71. The first-order chi connectivity index (χ1) is 20.6. The molecule has 2 atom stereocenters. The Morgan fingerprint density at radius 1 is 0.556 bits per heavy atom. The first kappa shape index (κ1) is 34.2. The van der Waals surface area contributed by atoms with Crippen LogP contribution in [0.5, 0.6) is 0 Å². The number of rotatable bonds is 6. The Morgan fingerprint density at radius 2 is 0.956 bits per heavy atom. The molecule has 1 saturated heterocycles.